The van der Waals surface area contributed by atoms with Gasteiger partial charge in [0.25, 0.3) is 0 Å². The second kappa shape index (κ2) is 9.27. The van der Waals surface area contributed by atoms with Gasteiger partial charge < -0.3 is 29.5 Å². The van der Waals surface area contributed by atoms with Gasteiger partial charge in [0.05, 0.1) is 38.2 Å². The normalized spacial score (nSPS) is 21.0. The number of anilines is 1. The van der Waals surface area contributed by atoms with Gasteiger partial charge in [0.2, 0.25) is 5.91 Å². The number of hydrogen-bond donors (Lipinski definition) is 2. The fraction of sp³-hybridized carbons (Fsp3) is 0.609. The van der Waals surface area contributed by atoms with Gasteiger partial charge in [0, 0.05) is 24.2 Å². The Hall–Kier alpha value is -2.25. The van der Waals surface area contributed by atoms with Crippen LogP contribution in [-0.2, 0) is 9.53 Å². The van der Waals surface area contributed by atoms with E-state index in [1.165, 1.54) is 0 Å². The van der Waals surface area contributed by atoms with Crippen molar-refractivity contribution in [2.24, 2.45) is 0 Å². The van der Waals surface area contributed by atoms with Crippen molar-refractivity contribution in [2.45, 2.75) is 44.1 Å². The Morgan fingerprint density at radius 3 is 2.73 bits per heavy atom. The van der Waals surface area contributed by atoms with Crippen molar-refractivity contribution in [1.82, 2.24) is 5.32 Å². The number of aliphatic hydroxyl groups excluding tert-OH is 1. The first kappa shape index (κ1) is 21.0. The van der Waals surface area contributed by atoms with E-state index >= 15 is 0 Å². The van der Waals surface area contributed by atoms with Crippen LogP contribution < -0.4 is 19.7 Å². The van der Waals surface area contributed by atoms with Crippen molar-refractivity contribution in [3.05, 3.63) is 23.3 Å². The van der Waals surface area contributed by atoms with Crippen LogP contribution in [0.25, 0.3) is 6.08 Å². The molecule has 4 rings (SSSR count). The van der Waals surface area contributed by atoms with Crippen molar-refractivity contribution in [2.75, 3.05) is 51.5 Å². The number of aliphatic hydroxyl groups is 1. The van der Waals surface area contributed by atoms with Gasteiger partial charge in [-0.05, 0) is 31.1 Å². The summed E-state index contributed by atoms with van der Waals surface area (Å²) in [6.07, 6.45) is 7.98. The Balaban J connectivity index is 1.64. The SMILES string of the molecule is COc1ccc2c3c1OCCOCCN3CC(C(=O)NC1(CO)CCCCCC1)=C2. The molecule has 0 unspecified atom stereocenters. The van der Waals surface area contributed by atoms with Crippen molar-refractivity contribution in [1.29, 1.82) is 0 Å². The number of carbonyl (C=O) groups excluding carboxylic acids is 1. The van der Waals surface area contributed by atoms with E-state index in [4.69, 9.17) is 14.2 Å². The average molecular weight is 417 g/mol. The van der Waals surface area contributed by atoms with Crippen LogP contribution in [0.3, 0.4) is 0 Å². The number of hydrogen-bond acceptors (Lipinski definition) is 6. The Bertz CT molecular complexity index is 799. The predicted octanol–water partition coefficient (Wildman–Crippen LogP) is 2.51. The summed E-state index contributed by atoms with van der Waals surface area (Å²) in [5.41, 5.74) is 2.06. The predicted molar refractivity (Wildman–Crippen MR) is 115 cm³/mol. The zero-order valence-corrected chi connectivity index (χ0v) is 17.7. The third-order valence-electron chi connectivity index (χ3n) is 6.37. The highest BCUT2D eigenvalue weighted by Crippen LogP contribution is 2.44. The standard InChI is InChI=1S/C23H32N2O5/c1-28-19-7-6-17-14-18(15-25-10-11-29-12-13-30-21(19)20(17)25)22(27)24-23(16-26)8-4-2-3-5-9-23/h6-7,14,26H,2-5,8-13,15-16H2,1H3,(H,24,27). The molecular formula is C23H32N2O5. The van der Waals surface area contributed by atoms with E-state index in [0.29, 0.717) is 50.0 Å². The molecule has 1 aromatic rings. The molecular weight excluding hydrogens is 384 g/mol. The number of ether oxygens (including phenoxy) is 3. The van der Waals surface area contributed by atoms with E-state index in [1.54, 1.807) is 7.11 Å². The molecule has 7 heteroatoms. The van der Waals surface area contributed by atoms with Crippen LogP contribution in [-0.4, -0.2) is 63.2 Å². The average Bonchev–Trinajstić information content (AvgIpc) is 2.94. The molecule has 2 N–H and O–H groups in total. The Morgan fingerprint density at radius 1 is 1.20 bits per heavy atom. The Morgan fingerprint density at radius 2 is 2.00 bits per heavy atom. The number of nitrogens with one attached hydrogen (secondary N) is 1. The first-order chi connectivity index (χ1) is 14.7. The van der Waals surface area contributed by atoms with Gasteiger partial charge in [0.15, 0.2) is 11.5 Å². The lowest BCUT2D eigenvalue weighted by Gasteiger charge is -2.35. The molecule has 30 heavy (non-hydrogen) atoms. The molecule has 1 saturated carbocycles. The monoisotopic (exact) mass is 416 g/mol. The van der Waals surface area contributed by atoms with Gasteiger partial charge in [0.1, 0.15) is 6.61 Å². The minimum Gasteiger partial charge on any atom is -0.493 e. The smallest absolute Gasteiger partial charge is 0.249 e. The van der Waals surface area contributed by atoms with Gasteiger partial charge in [-0.3, -0.25) is 4.79 Å². The maximum Gasteiger partial charge on any atom is 0.249 e. The number of amides is 1. The van der Waals surface area contributed by atoms with Crippen LogP contribution in [0.4, 0.5) is 5.69 Å². The van der Waals surface area contributed by atoms with Gasteiger partial charge in [-0.2, -0.15) is 0 Å². The van der Waals surface area contributed by atoms with Crippen LogP contribution in [0.15, 0.2) is 17.7 Å². The summed E-state index contributed by atoms with van der Waals surface area (Å²) in [4.78, 5) is 15.4. The van der Waals surface area contributed by atoms with E-state index in [2.05, 4.69) is 10.2 Å². The summed E-state index contributed by atoms with van der Waals surface area (Å²) in [5.74, 6) is 1.28. The molecule has 0 aromatic heterocycles. The van der Waals surface area contributed by atoms with Gasteiger partial charge in [-0.1, -0.05) is 25.7 Å². The number of benzene rings is 1. The molecule has 2 heterocycles. The summed E-state index contributed by atoms with van der Waals surface area (Å²) in [7, 11) is 1.63. The number of methoxy groups -OCH3 is 1. The van der Waals surface area contributed by atoms with Gasteiger partial charge in [-0.15, -0.1) is 0 Å². The Labute approximate surface area is 178 Å². The van der Waals surface area contributed by atoms with E-state index in [9.17, 15) is 9.90 Å². The maximum atomic E-state index is 13.3. The molecule has 0 atom stereocenters. The van der Waals surface area contributed by atoms with Gasteiger partial charge in [-0.25, -0.2) is 0 Å². The van der Waals surface area contributed by atoms with Crippen molar-refractivity contribution < 1.29 is 24.1 Å². The molecule has 1 fully saturated rings. The lowest BCUT2D eigenvalue weighted by Crippen LogP contribution is -2.52. The molecule has 164 valence electrons. The van der Waals surface area contributed by atoms with E-state index in [-0.39, 0.29) is 12.5 Å². The van der Waals surface area contributed by atoms with E-state index in [1.807, 2.05) is 18.2 Å². The van der Waals surface area contributed by atoms with Crippen LogP contribution in [0, 0.1) is 0 Å². The zero-order chi connectivity index (χ0) is 21.0. The topological polar surface area (TPSA) is 80.3 Å². The second-order valence-corrected chi connectivity index (χ2v) is 8.39. The number of carbonyl (C=O) groups is 1. The quantitative estimate of drug-likeness (QED) is 0.735. The fourth-order valence-electron chi connectivity index (χ4n) is 4.69. The van der Waals surface area contributed by atoms with Crippen molar-refractivity contribution >= 4 is 17.7 Å². The number of rotatable bonds is 4. The fourth-order valence-corrected chi connectivity index (χ4v) is 4.69. The van der Waals surface area contributed by atoms with Crippen molar-refractivity contribution in [3.63, 3.8) is 0 Å². The molecule has 0 spiro atoms. The van der Waals surface area contributed by atoms with Crippen LogP contribution in [0.1, 0.15) is 44.1 Å². The highest BCUT2D eigenvalue weighted by molar-refractivity contribution is 6.02. The summed E-state index contributed by atoms with van der Waals surface area (Å²) in [6.45, 7) is 2.64. The number of nitrogens with zero attached hydrogens (tertiary/aromatic N) is 1. The van der Waals surface area contributed by atoms with Crippen molar-refractivity contribution in [3.8, 4) is 11.5 Å². The molecule has 0 bridgehead atoms. The minimum absolute atomic E-state index is 0.0185. The second-order valence-electron chi connectivity index (χ2n) is 8.39. The highest BCUT2D eigenvalue weighted by atomic mass is 16.5. The molecule has 7 nitrogen and oxygen atoms in total. The summed E-state index contributed by atoms with van der Waals surface area (Å²) < 4.78 is 17.2. The largest absolute Gasteiger partial charge is 0.493 e. The molecule has 1 aliphatic carbocycles. The lowest BCUT2D eigenvalue weighted by atomic mass is 9.90. The first-order valence-electron chi connectivity index (χ1n) is 11.0. The lowest BCUT2D eigenvalue weighted by molar-refractivity contribution is -0.120. The molecule has 0 radical (unpaired) electrons. The summed E-state index contributed by atoms with van der Waals surface area (Å²) >= 11 is 0. The van der Waals surface area contributed by atoms with E-state index < -0.39 is 5.54 Å². The van der Waals surface area contributed by atoms with Crippen LogP contribution >= 0.6 is 0 Å². The van der Waals surface area contributed by atoms with Crippen LogP contribution in [0.5, 0.6) is 11.5 Å². The summed E-state index contributed by atoms with van der Waals surface area (Å²) in [6, 6.07) is 3.84. The minimum atomic E-state index is -0.514. The molecule has 1 amide bonds. The molecule has 1 aromatic carbocycles. The van der Waals surface area contributed by atoms with Crippen LogP contribution in [0.2, 0.25) is 0 Å². The first-order valence-corrected chi connectivity index (χ1v) is 11.0. The maximum absolute atomic E-state index is 13.3. The highest BCUT2D eigenvalue weighted by Gasteiger charge is 2.34. The Kier molecular flexibility index (Phi) is 6.49. The molecule has 3 aliphatic rings. The third-order valence-corrected chi connectivity index (χ3v) is 6.37. The van der Waals surface area contributed by atoms with Gasteiger partial charge >= 0.3 is 0 Å². The summed E-state index contributed by atoms with van der Waals surface area (Å²) in [5, 5.41) is 13.3. The van der Waals surface area contributed by atoms with E-state index in [0.717, 1.165) is 49.8 Å². The zero-order valence-electron chi connectivity index (χ0n) is 17.7. The third kappa shape index (κ3) is 4.27. The molecule has 0 saturated heterocycles. The molecule has 2 aliphatic heterocycles.